The van der Waals surface area contributed by atoms with Crippen LogP contribution in [0.25, 0.3) is 0 Å². The minimum absolute atomic E-state index is 0.186. The molecule has 1 fully saturated rings. The number of nitrogens with one attached hydrogen (secondary N) is 4. The van der Waals surface area contributed by atoms with Crippen LogP contribution in [0.1, 0.15) is 99.3 Å². The number of carbonyl (C=O) groups is 1. The van der Waals surface area contributed by atoms with Crippen molar-refractivity contribution in [3.8, 4) is 18.0 Å². The van der Waals surface area contributed by atoms with Gasteiger partial charge >= 0.3 is 13.1 Å². The molecule has 0 radical (unpaired) electrons. The number of carbonyl (C=O) groups excluding carboxylic acids is 1. The molecule has 0 aliphatic carbocycles. The van der Waals surface area contributed by atoms with E-state index in [4.69, 9.17) is 20.0 Å². The van der Waals surface area contributed by atoms with E-state index >= 15 is 0 Å². The van der Waals surface area contributed by atoms with Crippen LogP contribution in [0.2, 0.25) is 0 Å². The minimum Gasteiger partial charge on any atom is -0.402 e. The Bertz CT molecular complexity index is 1120. The Labute approximate surface area is 282 Å². The Morgan fingerprint density at radius 1 is 0.957 bits per heavy atom. The number of urea groups is 1. The normalized spacial score (nSPS) is 13.3. The van der Waals surface area contributed by atoms with Crippen molar-refractivity contribution >= 4 is 19.4 Å². The van der Waals surface area contributed by atoms with Crippen LogP contribution in [0.4, 0.5) is 4.79 Å². The second-order valence-corrected chi connectivity index (χ2v) is 10.9. The molecule has 3 rings (SSSR count). The zero-order valence-electron chi connectivity index (χ0n) is 30.9. The number of benzene rings is 2. The lowest BCUT2D eigenvalue weighted by Crippen LogP contribution is -2.52. The zero-order valence-corrected chi connectivity index (χ0v) is 30.9. The number of aryl methyl sites for hydroxylation is 2. The zero-order chi connectivity index (χ0) is 36.0. The van der Waals surface area contributed by atoms with Crippen molar-refractivity contribution in [1.29, 1.82) is 10.7 Å². The number of nitriles is 1. The summed E-state index contributed by atoms with van der Waals surface area (Å²) in [5.74, 6) is 2.44. The third kappa shape index (κ3) is 22.7. The third-order valence-electron chi connectivity index (χ3n) is 6.36. The van der Waals surface area contributed by atoms with E-state index in [9.17, 15) is 4.79 Å². The molecular formula is C37H62BN5O3. The first-order chi connectivity index (χ1) is 21.8. The van der Waals surface area contributed by atoms with E-state index in [1.165, 1.54) is 24.3 Å². The molecule has 9 heteroatoms. The van der Waals surface area contributed by atoms with Gasteiger partial charge in [0.1, 0.15) is 0 Å². The SMILES string of the molecule is CC.CC#CNCC.CC#N.CC=N.CCCNC(=O)NC(Cc1ccc(C)cc1)B1OC(C)(C)C(C)(C)O1.Cc1ccccc1. The highest BCUT2D eigenvalue weighted by Crippen LogP contribution is 2.37. The van der Waals surface area contributed by atoms with E-state index in [-0.39, 0.29) is 12.0 Å². The van der Waals surface area contributed by atoms with E-state index in [0.29, 0.717) is 13.0 Å². The Morgan fingerprint density at radius 3 is 1.76 bits per heavy atom. The highest BCUT2D eigenvalue weighted by molar-refractivity contribution is 6.48. The van der Waals surface area contributed by atoms with Crippen LogP contribution in [0, 0.1) is 42.6 Å². The summed E-state index contributed by atoms with van der Waals surface area (Å²) in [4.78, 5) is 12.2. The number of hydrogen-bond acceptors (Lipinski definition) is 6. The van der Waals surface area contributed by atoms with Gasteiger partial charge in [0, 0.05) is 26.1 Å². The first-order valence-corrected chi connectivity index (χ1v) is 16.2. The van der Waals surface area contributed by atoms with Gasteiger partial charge < -0.3 is 30.7 Å². The number of rotatable bonds is 7. The summed E-state index contributed by atoms with van der Waals surface area (Å²) in [5, 5.41) is 22.1. The van der Waals surface area contributed by atoms with Gasteiger partial charge in [0.05, 0.1) is 23.2 Å². The predicted octanol–water partition coefficient (Wildman–Crippen LogP) is 8.03. The Hall–Kier alpha value is -3.79. The van der Waals surface area contributed by atoms with E-state index in [1.54, 1.807) is 13.0 Å². The van der Waals surface area contributed by atoms with Crippen molar-refractivity contribution in [2.45, 2.75) is 120 Å². The number of hydrogen-bond donors (Lipinski definition) is 4. The fourth-order valence-corrected chi connectivity index (χ4v) is 3.42. The van der Waals surface area contributed by atoms with Crippen LogP contribution in [0.15, 0.2) is 54.6 Å². The Kier molecular flexibility index (Phi) is 29.1. The lowest BCUT2D eigenvalue weighted by atomic mass is 9.75. The summed E-state index contributed by atoms with van der Waals surface area (Å²) in [6.45, 7) is 26.8. The van der Waals surface area contributed by atoms with Crippen LogP contribution in [-0.2, 0) is 15.7 Å². The molecular weight excluding hydrogens is 573 g/mol. The maximum atomic E-state index is 12.2. The average molecular weight is 636 g/mol. The molecule has 46 heavy (non-hydrogen) atoms. The topological polar surface area (TPSA) is 119 Å². The number of amides is 2. The summed E-state index contributed by atoms with van der Waals surface area (Å²) in [6.07, 6.45) is 2.79. The molecule has 4 N–H and O–H groups in total. The van der Waals surface area contributed by atoms with Gasteiger partial charge in [0.2, 0.25) is 0 Å². The lowest BCUT2D eigenvalue weighted by Gasteiger charge is -2.32. The van der Waals surface area contributed by atoms with E-state index in [0.717, 1.165) is 18.5 Å². The molecule has 0 spiro atoms. The van der Waals surface area contributed by atoms with Crippen molar-refractivity contribution in [2.75, 3.05) is 13.1 Å². The molecule has 1 aliphatic heterocycles. The highest BCUT2D eigenvalue weighted by atomic mass is 16.7. The molecule has 1 heterocycles. The quantitative estimate of drug-likeness (QED) is 0.106. The summed E-state index contributed by atoms with van der Waals surface area (Å²) < 4.78 is 12.3. The molecule has 0 saturated carbocycles. The van der Waals surface area contributed by atoms with Gasteiger partial charge in [0.15, 0.2) is 0 Å². The van der Waals surface area contributed by atoms with Crippen molar-refractivity contribution in [3.05, 3.63) is 71.3 Å². The maximum Gasteiger partial charge on any atom is 0.482 e. The van der Waals surface area contributed by atoms with Crippen LogP contribution < -0.4 is 16.0 Å². The molecule has 2 amide bonds. The van der Waals surface area contributed by atoms with Gasteiger partial charge in [-0.3, -0.25) is 0 Å². The van der Waals surface area contributed by atoms with Gasteiger partial charge in [0.25, 0.3) is 0 Å². The molecule has 2 aromatic carbocycles. The number of nitrogens with zero attached hydrogens (tertiary/aromatic N) is 1. The molecule has 1 atom stereocenters. The second kappa shape index (κ2) is 28.7. The monoisotopic (exact) mass is 635 g/mol. The van der Waals surface area contributed by atoms with E-state index in [1.807, 2.05) is 80.5 Å². The molecule has 1 aliphatic rings. The molecule has 2 aromatic rings. The Morgan fingerprint density at radius 2 is 1.41 bits per heavy atom. The Balaban J connectivity index is -0.000000713. The molecule has 0 bridgehead atoms. The summed E-state index contributed by atoms with van der Waals surface area (Å²) in [6, 6.07) is 22.8. The second-order valence-electron chi connectivity index (χ2n) is 10.9. The smallest absolute Gasteiger partial charge is 0.402 e. The summed E-state index contributed by atoms with van der Waals surface area (Å²) >= 11 is 0. The average Bonchev–Trinajstić information content (AvgIpc) is 3.24. The maximum absolute atomic E-state index is 12.2. The minimum atomic E-state index is -0.487. The van der Waals surface area contributed by atoms with Crippen molar-refractivity contribution in [3.63, 3.8) is 0 Å². The van der Waals surface area contributed by atoms with Crippen LogP contribution in [-0.4, -0.2) is 49.6 Å². The van der Waals surface area contributed by atoms with Gasteiger partial charge in [-0.25, -0.2) is 4.79 Å². The van der Waals surface area contributed by atoms with Crippen molar-refractivity contribution in [1.82, 2.24) is 16.0 Å². The molecule has 0 aromatic heterocycles. The standard InChI is InChI=1S/C19H31BN2O3.C7H8.C5H9N.C2H5N.C2H3N.C2H6/c1-7-12-21-17(23)22-16(13-15-10-8-14(2)9-11-15)20-24-18(3,4)19(5,6)25-20;1-7-5-3-2-4-6-7;1-3-5-6-4-2;2*1-2-3;1-2/h8-11,16H,7,12-13H2,1-6H3,(H2,21,22,23);2-6H,1H3;6H,4H2,1-2H3;2-3H,1H3;1H3;1-2H3. The summed E-state index contributed by atoms with van der Waals surface area (Å²) in [7, 11) is -0.487. The van der Waals surface area contributed by atoms with Crippen molar-refractivity contribution in [2.24, 2.45) is 0 Å². The summed E-state index contributed by atoms with van der Waals surface area (Å²) in [5.41, 5.74) is 2.82. The van der Waals surface area contributed by atoms with Crippen LogP contribution >= 0.6 is 0 Å². The molecule has 256 valence electrons. The van der Waals surface area contributed by atoms with E-state index in [2.05, 4.69) is 78.2 Å². The fourth-order valence-electron chi connectivity index (χ4n) is 3.42. The van der Waals surface area contributed by atoms with E-state index < -0.39 is 18.3 Å². The predicted molar refractivity (Wildman–Crippen MR) is 197 cm³/mol. The van der Waals surface area contributed by atoms with Crippen LogP contribution in [0.5, 0.6) is 0 Å². The van der Waals surface area contributed by atoms with Gasteiger partial charge in [-0.05, 0) is 86.9 Å². The van der Waals surface area contributed by atoms with Crippen molar-refractivity contribution < 1.29 is 14.1 Å². The van der Waals surface area contributed by atoms with Gasteiger partial charge in [-0.1, -0.05) is 92.4 Å². The highest BCUT2D eigenvalue weighted by Gasteiger charge is 2.54. The lowest BCUT2D eigenvalue weighted by molar-refractivity contribution is 0.00578. The molecule has 1 unspecified atom stereocenters. The fraction of sp³-hybridized carbons (Fsp3) is 0.541. The molecule has 8 nitrogen and oxygen atoms in total. The first kappa shape index (κ1) is 46.6. The molecule has 1 saturated heterocycles. The third-order valence-corrected chi connectivity index (χ3v) is 6.36. The largest absolute Gasteiger partial charge is 0.482 e. The van der Waals surface area contributed by atoms with Crippen LogP contribution in [0.3, 0.4) is 0 Å². The van der Waals surface area contributed by atoms with Gasteiger partial charge in [-0.15, -0.1) is 0 Å². The van der Waals surface area contributed by atoms with Gasteiger partial charge in [-0.2, -0.15) is 5.26 Å². The first-order valence-electron chi connectivity index (χ1n) is 16.2.